The fourth-order valence-electron chi connectivity index (χ4n) is 2.61. The summed E-state index contributed by atoms with van der Waals surface area (Å²) in [5.41, 5.74) is -5.62. The number of hydrogen-bond donors (Lipinski definition) is 10. The lowest BCUT2D eigenvalue weighted by Gasteiger charge is -2.28. The summed E-state index contributed by atoms with van der Waals surface area (Å²) in [6.07, 6.45) is -7.70. The first kappa shape index (κ1) is 29.7. The van der Waals surface area contributed by atoms with Gasteiger partial charge in [-0.25, -0.2) is 9.59 Å². The Morgan fingerprint density at radius 2 is 1.30 bits per heavy atom. The molecule has 0 saturated carbocycles. The Kier molecular flexibility index (Phi) is 11.4. The summed E-state index contributed by atoms with van der Waals surface area (Å²) in [5.74, 6) is -9.01. The molecule has 0 heterocycles. The van der Waals surface area contributed by atoms with Crippen LogP contribution in [-0.2, 0) is 28.8 Å². The fourth-order valence-corrected chi connectivity index (χ4v) is 2.61. The quantitative estimate of drug-likeness (QED) is 0.0742. The number of amides is 2. The minimum Gasteiger partial charge on any atom is -0.481 e. The van der Waals surface area contributed by atoms with E-state index in [0.29, 0.717) is 0 Å². The molecule has 0 aliphatic carbocycles. The predicted molar refractivity (Wildman–Crippen MR) is 101 cm³/mol. The minimum absolute atomic E-state index is 0.102. The Morgan fingerprint density at radius 1 is 0.758 bits per heavy atom. The minimum atomic E-state index is -2.85. The molecular formula is C17H26N2O14. The first-order valence-corrected chi connectivity index (χ1v) is 9.29. The summed E-state index contributed by atoms with van der Waals surface area (Å²) in [4.78, 5) is 67.4. The van der Waals surface area contributed by atoms with Crippen molar-refractivity contribution in [1.82, 2.24) is 10.6 Å². The molecule has 0 aromatic rings. The molecule has 3 atom stereocenters. The van der Waals surface area contributed by atoms with Crippen molar-refractivity contribution in [3.63, 3.8) is 0 Å². The summed E-state index contributed by atoms with van der Waals surface area (Å²) in [6, 6.07) is -1.58. The first-order valence-electron chi connectivity index (χ1n) is 9.29. The number of aliphatic carboxylic acids is 4. The van der Waals surface area contributed by atoms with Crippen LogP contribution in [0.15, 0.2) is 0 Å². The normalized spacial score (nSPS) is 15.5. The van der Waals surface area contributed by atoms with Crippen LogP contribution >= 0.6 is 0 Å². The number of hydrogen-bond acceptors (Lipinski definition) is 10. The van der Waals surface area contributed by atoms with E-state index >= 15 is 0 Å². The summed E-state index contributed by atoms with van der Waals surface area (Å²) in [6.45, 7) is -0.250. The average molecular weight is 482 g/mol. The third kappa shape index (κ3) is 10.7. The lowest BCUT2D eigenvalue weighted by molar-refractivity contribution is -0.197. The number of carbonyl (C=O) groups is 6. The zero-order valence-corrected chi connectivity index (χ0v) is 17.1. The van der Waals surface area contributed by atoms with Crippen LogP contribution in [0.25, 0.3) is 0 Å². The SMILES string of the molecule is O=C(O)CC(O)(CC(=O)NCCC[C@@H](NC(=O)CC(O)(CC(=O)O)C(O)O)C(=O)O)C(=O)O. The average Bonchev–Trinajstić information content (AvgIpc) is 2.62. The Morgan fingerprint density at radius 3 is 1.73 bits per heavy atom. The summed E-state index contributed by atoms with van der Waals surface area (Å²) in [7, 11) is 0. The van der Waals surface area contributed by atoms with Crippen molar-refractivity contribution < 1.29 is 69.6 Å². The van der Waals surface area contributed by atoms with Gasteiger partial charge in [0.25, 0.3) is 0 Å². The molecule has 0 bridgehead atoms. The number of carbonyl (C=O) groups excluding carboxylic acids is 2. The van der Waals surface area contributed by atoms with Gasteiger partial charge in [-0.1, -0.05) is 0 Å². The van der Waals surface area contributed by atoms with Crippen LogP contribution in [0.1, 0.15) is 38.5 Å². The van der Waals surface area contributed by atoms with Gasteiger partial charge in [-0.15, -0.1) is 0 Å². The molecule has 33 heavy (non-hydrogen) atoms. The molecule has 2 unspecified atom stereocenters. The Balaban J connectivity index is 4.79. The third-order valence-electron chi connectivity index (χ3n) is 4.32. The number of carboxylic acid groups (broad SMARTS) is 4. The number of nitrogens with one attached hydrogen (secondary N) is 2. The molecule has 0 aliphatic heterocycles. The van der Waals surface area contributed by atoms with E-state index in [1.165, 1.54) is 0 Å². The summed E-state index contributed by atoms with van der Waals surface area (Å²) in [5, 5.41) is 77.4. The largest absolute Gasteiger partial charge is 0.481 e. The van der Waals surface area contributed by atoms with E-state index in [-0.39, 0.29) is 19.4 Å². The molecule has 16 nitrogen and oxygen atoms in total. The van der Waals surface area contributed by atoms with Crippen LogP contribution in [0.3, 0.4) is 0 Å². The van der Waals surface area contributed by atoms with Crippen LogP contribution < -0.4 is 10.6 Å². The van der Waals surface area contributed by atoms with Gasteiger partial charge in [0.05, 0.1) is 25.7 Å². The molecule has 188 valence electrons. The molecule has 0 aromatic carbocycles. The van der Waals surface area contributed by atoms with Gasteiger partial charge in [0, 0.05) is 6.54 Å². The molecule has 0 saturated heterocycles. The number of carboxylic acids is 4. The molecule has 0 aliphatic rings. The van der Waals surface area contributed by atoms with Crippen molar-refractivity contribution >= 4 is 35.7 Å². The van der Waals surface area contributed by atoms with Gasteiger partial charge < -0.3 is 51.5 Å². The van der Waals surface area contributed by atoms with Crippen LogP contribution in [0.4, 0.5) is 0 Å². The van der Waals surface area contributed by atoms with Crippen molar-refractivity contribution in [3.8, 4) is 0 Å². The monoisotopic (exact) mass is 482 g/mol. The van der Waals surface area contributed by atoms with E-state index in [2.05, 4.69) is 5.32 Å². The second-order valence-corrected chi connectivity index (χ2v) is 7.26. The van der Waals surface area contributed by atoms with E-state index < -0.39 is 84.9 Å². The van der Waals surface area contributed by atoms with Gasteiger partial charge >= 0.3 is 23.9 Å². The Labute approximate surface area is 185 Å². The van der Waals surface area contributed by atoms with E-state index in [1.54, 1.807) is 0 Å². The van der Waals surface area contributed by atoms with E-state index in [9.17, 15) is 44.1 Å². The summed E-state index contributed by atoms with van der Waals surface area (Å²) < 4.78 is 0. The molecule has 0 aromatic heterocycles. The molecule has 0 rings (SSSR count). The molecule has 16 heteroatoms. The van der Waals surface area contributed by atoms with Crippen LogP contribution in [-0.4, -0.2) is 107 Å². The lowest BCUT2D eigenvalue weighted by Crippen LogP contribution is -2.50. The molecular weight excluding hydrogens is 456 g/mol. The molecule has 0 radical (unpaired) electrons. The van der Waals surface area contributed by atoms with Crippen LogP contribution in [0, 0.1) is 0 Å². The standard InChI is InChI=1S/C17H26N2O14/c20-9(4-16(32,14(28)29)6-11(22)23)18-3-1-2-8(13(26)27)19-10(21)5-17(33,15(30)31)7-12(24)25/h8,15,30-33H,1-7H2,(H,18,20)(H,19,21)(H,22,23)(H,24,25)(H,26,27)(H,28,29)/t8-,16?,17?/m1/s1. The van der Waals surface area contributed by atoms with E-state index in [0.717, 1.165) is 0 Å². The van der Waals surface area contributed by atoms with Gasteiger partial charge in [-0.05, 0) is 12.8 Å². The lowest BCUT2D eigenvalue weighted by atomic mass is 9.94. The molecule has 0 spiro atoms. The topological polar surface area (TPSA) is 288 Å². The maximum atomic E-state index is 12.0. The van der Waals surface area contributed by atoms with Crippen molar-refractivity contribution in [2.75, 3.05) is 6.54 Å². The second-order valence-electron chi connectivity index (χ2n) is 7.26. The van der Waals surface area contributed by atoms with Gasteiger partial charge in [-0.3, -0.25) is 19.2 Å². The maximum Gasteiger partial charge on any atom is 0.336 e. The smallest absolute Gasteiger partial charge is 0.336 e. The summed E-state index contributed by atoms with van der Waals surface area (Å²) >= 11 is 0. The Bertz CT molecular complexity index is 769. The first-order chi connectivity index (χ1) is 15.0. The number of aliphatic hydroxyl groups excluding tert-OH is 1. The third-order valence-corrected chi connectivity index (χ3v) is 4.32. The van der Waals surface area contributed by atoms with Crippen LogP contribution in [0.2, 0.25) is 0 Å². The number of aliphatic hydroxyl groups is 4. The highest BCUT2D eigenvalue weighted by Gasteiger charge is 2.41. The van der Waals surface area contributed by atoms with Gasteiger partial charge in [-0.2, -0.15) is 0 Å². The maximum absolute atomic E-state index is 12.0. The Hall–Kier alpha value is -3.34. The highest BCUT2D eigenvalue weighted by Crippen LogP contribution is 2.19. The molecule has 10 N–H and O–H groups in total. The molecule has 0 fully saturated rings. The van der Waals surface area contributed by atoms with E-state index in [1.807, 2.05) is 5.32 Å². The van der Waals surface area contributed by atoms with Crippen molar-refractivity contribution in [2.24, 2.45) is 0 Å². The zero-order valence-electron chi connectivity index (χ0n) is 17.1. The second kappa shape index (κ2) is 12.6. The van der Waals surface area contributed by atoms with Gasteiger partial charge in [0.2, 0.25) is 11.8 Å². The van der Waals surface area contributed by atoms with Crippen molar-refractivity contribution in [1.29, 1.82) is 0 Å². The highest BCUT2D eigenvalue weighted by molar-refractivity contribution is 5.90. The van der Waals surface area contributed by atoms with Crippen molar-refractivity contribution in [3.05, 3.63) is 0 Å². The highest BCUT2D eigenvalue weighted by atomic mass is 16.5. The zero-order chi connectivity index (χ0) is 26.0. The number of rotatable bonds is 16. The van der Waals surface area contributed by atoms with Gasteiger partial charge in [0.1, 0.15) is 11.6 Å². The van der Waals surface area contributed by atoms with E-state index in [4.69, 9.17) is 25.5 Å². The molecule has 2 amide bonds. The van der Waals surface area contributed by atoms with Crippen LogP contribution in [0.5, 0.6) is 0 Å². The van der Waals surface area contributed by atoms with Crippen molar-refractivity contribution in [2.45, 2.75) is 62.1 Å². The van der Waals surface area contributed by atoms with Gasteiger partial charge in [0.15, 0.2) is 11.9 Å². The predicted octanol–water partition coefficient (Wildman–Crippen LogP) is -3.96. The fraction of sp³-hybridized carbons (Fsp3) is 0.647.